The van der Waals surface area contributed by atoms with E-state index in [0.29, 0.717) is 13.1 Å². The van der Waals surface area contributed by atoms with E-state index in [1.165, 1.54) is 47.2 Å². The van der Waals surface area contributed by atoms with Gasteiger partial charge in [0.05, 0.1) is 46.4 Å². The summed E-state index contributed by atoms with van der Waals surface area (Å²) in [5.74, 6) is -0.530. The van der Waals surface area contributed by atoms with Gasteiger partial charge in [-0.15, -0.1) is 0 Å². The number of nitro benzene ring substituents is 1. The van der Waals surface area contributed by atoms with Crippen molar-refractivity contribution >= 4 is 61.9 Å². The number of nitrogens with zero attached hydrogens (tertiary/aromatic N) is 4. The van der Waals surface area contributed by atoms with Gasteiger partial charge in [0.1, 0.15) is 17.3 Å². The van der Waals surface area contributed by atoms with E-state index in [1.807, 2.05) is 12.1 Å². The SMILES string of the molecule is CC1(C)CCC(CN2CCN(c3ccc(C(=O)NS(=O)(=O)c4ccc(OCC5CCC6(CC5)COC6)c([N+](=O)[O-])c4)c(Oc4cnc(N)c(Cl)c4)c3)CC2)=C(c2ccc(Cl)cc2)C1. The van der Waals surface area contributed by atoms with Gasteiger partial charge in [-0.1, -0.05) is 54.8 Å². The van der Waals surface area contributed by atoms with E-state index in [4.69, 9.17) is 43.1 Å². The van der Waals surface area contributed by atoms with Gasteiger partial charge < -0.3 is 24.8 Å². The largest absolute Gasteiger partial charge is 0.487 e. The maximum absolute atomic E-state index is 13.9. The second-order valence-electron chi connectivity index (χ2n) is 18.1. The molecule has 2 saturated heterocycles. The number of nitrogens with one attached hydrogen (secondary N) is 1. The zero-order valence-corrected chi connectivity index (χ0v) is 37.7. The minimum atomic E-state index is -4.61. The number of nitrogen functional groups attached to an aromatic ring is 1. The normalized spacial score (nSPS) is 19.1. The lowest BCUT2D eigenvalue weighted by atomic mass is 9.69. The van der Waals surface area contributed by atoms with Gasteiger partial charge in [-0.05, 0) is 104 Å². The summed E-state index contributed by atoms with van der Waals surface area (Å²) in [4.78, 5) is 33.6. The molecule has 4 aliphatic rings. The Kier molecular flexibility index (Phi) is 13.0. The average molecular weight is 920 g/mol. The lowest BCUT2D eigenvalue weighted by Gasteiger charge is -2.46. The van der Waals surface area contributed by atoms with Gasteiger partial charge in [0.2, 0.25) is 0 Å². The minimum Gasteiger partial charge on any atom is -0.487 e. The third kappa shape index (κ3) is 10.4. The highest BCUT2D eigenvalue weighted by molar-refractivity contribution is 7.90. The molecule has 4 aromatic rings. The highest BCUT2D eigenvalue weighted by atomic mass is 35.5. The Bertz CT molecular complexity index is 2510. The maximum Gasteiger partial charge on any atom is 0.312 e. The summed E-state index contributed by atoms with van der Waals surface area (Å²) in [6, 6.07) is 17.8. The number of pyridine rings is 1. The van der Waals surface area contributed by atoms with Crippen LogP contribution in [-0.4, -0.2) is 81.7 Å². The van der Waals surface area contributed by atoms with Crippen LogP contribution in [0.15, 0.2) is 83.4 Å². The number of aromatic nitrogens is 1. The van der Waals surface area contributed by atoms with Crippen LogP contribution in [0.25, 0.3) is 5.57 Å². The fourth-order valence-corrected chi connectivity index (χ4v) is 10.3. The van der Waals surface area contributed by atoms with Gasteiger partial charge >= 0.3 is 5.69 Å². The lowest BCUT2D eigenvalue weighted by molar-refractivity contribution is -0.386. The van der Waals surface area contributed by atoms with Crippen LogP contribution in [-0.2, 0) is 14.8 Å². The standard InChI is InChI=1S/C46H52Cl2N6O8S/c1-45(2)14-13-32(38(24-45)31-3-5-33(47)6-4-31)26-52-17-19-53(20-18-52)34-7-9-37(42(21-34)62-35-22-39(48)43(49)50-25-35)44(55)51-63(58,59)36-8-10-41(40(23-36)54(56)57)61-27-30-11-15-46(16-12-30)28-60-29-46/h3-10,21-23,25,30H,11-20,24,26-29H2,1-2H3,(H2,49,50)(H,51,55). The maximum atomic E-state index is 13.9. The van der Waals surface area contributed by atoms with E-state index < -0.39 is 31.4 Å². The van der Waals surface area contributed by atoms with Crippen molar-refractivity contribution in [2.45, 2.75) is 63.7 Å². The van der Waals surface area contributed by atoms with Crippen LogP contribution in [0.2, 0.25) is 10.0 Å². The van der Waals surface area contributed by atoms with Crippen molar-refractivity contribution in [1.82, 2.24) is 14.6 Å². The monoisotopic (exact) mass is 918 g/mol. The number of hydrogen-bond acceptors (Lipinski definition) is 12. The first-order chi connectivity index (χ1) is 30.1. The first-order valence-corrected chi connectivity index (χ1v) is 23.5. The molecule has 0 radical (unpaired) electrons. The van der Waals surface area contributed by atoms with Gasteiger partial charge in [0.25, 0.3) is 15.9 Å². The minimum absolute atomic E-state index is 0.0426. The molecule has 0 bridgehead atoms. The molecule has 3 aromatic carbocycles. The van der Waals surface area contributed by atoms with Crippen molar-refractivity contribution in [3.05, 3.63) is 110 Å². The number of piperazine rings is 1. The van der Waals surface area contributed by atoms with Crippen molar-refractivity contribution < 1.29 is 32.3 Å². The summed E-state index contributed by atoms with van der Waals surface area (Å²) in [7, 11) is -4.61. The molecule has 1 saturated carbocycles. The summed E-state index contributed by atoms with van der Waals surface area (Å²) in [5.41, 5.74) is 10.5. The third-order valence-electron chi connectivity index (χ3n) is 12.9. The molecule has 17 heteroatoms. The smallest absolute Gasteiger partial charge is 0.312 e. The number of nitro groups is 1. The molecule has 334 valence electrons. The second kappa shape index (κ2) is 18.3. The molecule has 1 amide bonds. The van der Waals surface area contributed by atoms with Crippen LogP contribution in [0, 0.1) is 26.9 Å². The zero-order chi connectivity index (χ0) is 44.5. The summed E-state index contributed by atoms with van der Waals surface area (Å²) >= 11 is 12.5. The molecule has 14 nitrogen and oxygen atoms in total. The van der Waals surface area contributed by atoms with E-state index in [1.54, 1.807) is 12.1 Å². The molecule has 1 aromatic heterocycles. The van der Waals surface area contributed by atoms with Gasteiger partial charge in [-0.25, -0.2) is 18.1 Å². The second-order valence-corrected chi connectivity index (χ2v) is 20.6. The molecule has 3 N–H and O–H groups in total. The highest BCUT2D eigenvalue weighted by Gasteiger charge is 2.42. The Morgan fingerprint density at radius 3 is 2.38 bits per heavy atom. The van der Waals surface area contributed by atoms with Gasteiger partial charge in [-0.2, -0.15) is 0 Å². The van der Waals surface area contributed by atoms with E-state index in [2.05, 4.69) is 45.5 Å². The molecule has 3 fully saturated rings. The van der Waals surface area contributed by atoms with Crippen molar-refractivity contribution in [1.29, 1.82) is 0 Å². The Morgan fingerprint density at radius 1 is 0.984 bits per heavy atom. The Balaban J connectivity index is 0.972. The first-order valence-electron chi connectivity index (χ1n) is 21.3. The fourth-order valence-electron chi connectivity index (χ4n) is 9.00. The quantitative estimate of drug-likeness (QED) is 0.0961. The van der Waals surface area contributed by atoms with E-state index >= 15 is 0 Å². The van der Waals surface area contributed by atoms with Crippen molar-refractivity contribution in [2.75, 3.05) is 63.2 Å². The number of carbonyl (C=O) groups is 1. The highest BCUT2D eigenvalue weighted by Crippen LogP contribution is 2.45. The van der Waals surface area contributed by atoms with Crippen LogP contribution in [0.5, 0.6) is 17.2 Å². The van der Waals surface area contributed by atoms with E-state index in [9.17, 15) is 23.3 Å². The number of amides is 1. The number of ether oxygens (including phenoxy) is 3. The van der Waals surface area contributed by atoms with Crippen molar-refractivity contribution in [3.63, 3.8) is 0 Å². The van der Waals surface area contributed by atoms with Crippen molar-refractivity contribution in [3.8, 4) is 17.2 Å². The number of carbonyl (C=O) groups excluding carboxylic acids is 1. The van der Waals surface area contributed by atoms with E-state index in [0.717, 1.165) is 94.6 Å². The van der Waals surface area contributed by atoms with Gasteiger partial charge in [-0.3, -0.25) is 19.8 Å². The molecule has 0 unspecified atom stereocenters. The molecule has 3 heterocycles. The molecule has 63 heavy (non-hydrogen) atoms. The van der Waals surface area contributed by atoms with E-state index in [-0.39, 0.29) is 57.0 Å². The third-order valence-corrected chi connectivity index (χ3v) is 14.8. The number of halogens is 2. The lowest BCUT2D eigenvalue weighted by Crippen LogP contribution is -2.47. The van der Waals surface area contributed by atoms with Gasteiger partial charge in [0.15, 0.2) is 5.75 Å². The number of allylic oxidation sites excluding steroid dienone is 1. The van der Waals surface area contributed by atoms with Gasteiger partial charge in [0, 0.05) is 67.0 Å². The molecule has 2 aliphatic heterocycles. The number of nitrogens with two attached hydrogens (primary N) is 1. The summed E-state index contributed by atoms with van der Waals surface area (Å²) in [5, 5.41) is 13.0. The van der Waals surface area contributed by atoms with Crippen molar-refractivity contribution in [2.24, 2.45) is 16.7 Å². The Hall–Kier alpha value is -4.93. The summed E-state index contributed by atoms with van der Waals surface area (Å²) in [6.07, 6.45) is 8.38. The van der Waals surface area contributed by atoms with Crippen LogP contribution in [0.1, 0.15) is 74.7 Å². The fraction of sp³-hybridized carbons (Fsp3) is 0.435. The molecular formula is C46H52Cl2N6O8S. The molecular weight excluding hydrogens is 868 g/mol. The van der Waals surface area contributed by atoms with Crippen LogP contribution in [0.4, 0.5) is 17.2 Å². The summed E-state index contributed by atoms with van der Waals surface area (Å²) in [6.45, 7) is 10.3. The first kappa shape index (κ1) is 44.7. The number of hydrogen-bond donors (Lipinski definition) is 2. The summed E-state index contributed by atoms with van der Waals surface area (Å²) < 4.78 is 46.9. The number of anilines is 2. The van der Waals surface area contributed by atoms with Crippen LogP contribution >= 0.6 is 23.2 Å². The molecule has 1 spiro atoms. The molecule has 0 atom stereocenters. The molecule has 2 aliphatic carbocycles. The predicted octanol–water partition coefficient (Wildman–Crippen LogP) is 9.16. The number of benzene rings is 3. The Morgan fingerprint density at radius 2 is 1.71 bits per heavy atom. The number of rotatable bonds is 13. The Labute approximate surface area is 377 Å². The zero-order valence-electron chi connectivity index (χ0n) is 35.4. The van der Waals surface area contributed by atoms with Crippen LogP contribution in [0.3, 0.4) is 0 Å². The molecule has 8 rings (SSSR count). The topological polar surface area (TPSA) is 179 Å². The van der Waals surface area contributed by atoms with Crippen LogP contribution < -0.4 is 24.8 Å². The average Bonchev–Trinajstić information content (AvgIpc) is 3.24. The number of sulfonamides is 1. The predicted molar refractivity (Wildman–Crippen MR) is 243 cm³/mol.